The smallest absolute Gasteiger partial charge is 0.286 e. The monoisotopic (exact) mass is 332 g/mol. The Morgan fingerprint density at radius 2 is 1.91 bits per heavy atom. The van der Waals surface area contributed by atoms with Crippen molar-refractivity contribution < 1.29 is 8.42 Å². The standard InChI is InChI=1S/C16H16N2O2S2/c1-11-7-8-12(2)13(9-11)10-21-16-17-14-5-3-4-6-15(14)22(19,20)18-16/h3-9H,10H2,1-2H3,(H,17,18). The summed E-state index contributed by atoms with van der Waals surface area (Å²) in [4.78, 5) is 0.228. The Morgan fingerprint density at radius 1 is 1.14 bits per heavy atom. The molecule has 0 saturated carbocycles. The number of aryl methyl sites for hydroxylation is 2. The number of nitrogens with zero attached hydrogens (tertiary/aromatic N) is 1. The lowest BCUT2D eigenvalue weighted by Crippen LogP contribution is -2.18. The second-order valence-electron chi connectivity index (χ2n) is 5.21. The highest BCUT2D eigenvalue weighted by atomic mass is 32.2. The van der Waals surface area contributed by atoms with Crippen LogP contribution in [0.5, 0.6) is 0 Å². The van der Waals surface area contributed by atoms with E-state index in [1.54, 1.807) is 24.3 Å². The van der Waals surface area contributed by atoms with E-state index >= 15 is 0 Å². The molecule has 0 aliphatic carbocycles. The molecule has 0 amide bonds. The number of thioether (sulfide) groups is 1. The predicted octanol–water partition coefficient (Wildman–Crippen LogP) is 3.71. The van der Waals surface area contributed by atoms with Gasteiger partial charge in [-0.3, -0.25) is 0 Å². The largest absolute Gasteiger partial charge is 0.333 e. The van der Waals surface area contributed by atoms with Crippen LogP contribution in [0.3, 0.4) is 0 Å². The van der Waals surface area contributed by atoms with E-state index in [2.05, 4.69) is 34.8 Å². The summed E-state index contributed by atoms with van der Waals surface area (Å²) in [6.45, 7) is 4.10. The van der Waals surface area contributed by atoms with Gasteiger partial charge in [-0.1, -0.05) is 47.7 Å². The lowest BCUT2D eigenvalue weighted by atomic mass is 10.1. The zero-order valence-corrected chi connectivity index (χ0v) is 14.0. The molecule has 1 aliphatic heterocycles. The number of rotatable bonds is 2. The molecule has 6 heteroatoms. The molecule has 0 unspecified atom stereocenters. The van der Waals surface area contributed by atoms with Crippen LogP contribution < -0.4 is 5.32 Å². The molecule has 0 saturated heterocycles. The first-order valence-electron chi connectivity index (χ1n) is 6.86. The molecular weight excluding hydrogens is 316 g/mol. The zero-order valence-electron chi connectivity index (χ0n) is 12.3. The van der Waals surface area contributed by atoms with Crippen molar-refractivity contribution in [3.63, 3.8) is 0 Å². The SMILES string of the molecule is Cc1ccc(C)c(CSC2=NS(=O)(=O)c3ccccc3N2)c1. The Bertz CT molecular complexity index is 858. The van der Waals surface area contributed by atoms with Crippen molar-refractivity contribution in [2.24, 2.45) is 4.40 Å². The average Bonchev–Trinajstić information content (AvgIpc) is 2.48. The van der Waals surface area contributed by atoms with Gasteiger partial charge < -0.3 is 5.32 Å². The number of hydrogen-bond acceptors (Lipinski definition) is 4. The maximum absolute atomic E-state index is 12.2. The summed E-state index contributed by atoms with van der Waals surface area (Å²) in [6.07, 6.45) is 0. The number of sulfonamides is 1. The molecule has 1 heterocycles. The van der Waals surface area contributed by atoms with Gasteiger partial charge in [0.1, 0.15) is 4.90 Å². The van der Waals surface area contributed by atoms with Gasteiger partial charge in [0.25, 0.3) is 10.0 Å². The second kappa shape index (κ2) is 5.78. The first kappa shape index (κ1) is 15.1. The molecule has 2 aromatic rings. The minimum Gasteiger partial charge on any atom is -0.333 e. The molecule has 1 aliphatic rings. The fraction of sp³-hybridized carbons (Fsp3) is 0.188. The normalized spacial score (nSPS) is 15.6. The van der Waals surface area contributed by atoms with Gasteiger partial charge in [-0.15, -0.1) is 4.40 Å². The van der Waals surface area contributed by atoms with Gasteiger partial charge in [-0.05, 0) is 37.1 Å². The van der Waals surface area contributed by atoms with Gasteiger partial charge in [0.15, 0.2) is 5.17 Å². The third-order valence-electron chi connectivity index (χ3n) is 3.48. The average molecular weight is 332 g/mol. The van der Waals surface area contributed by atoms with Gasteiger partial charge in [-0.2, -0.15) is 8.42 Å². The van der Waals surface area contributed by atoms with E-state index in [0.29, 0.717) is 16.6 Å². The number of hydrogen-bond donors (Lipinski definition) is 1. The third-order valence-corrected chi connectivity index (χ3v) is 5.85. The Kier molecular flexibility index (Phi) is 3.97. The number of anilines is 1. The van der Waals surface area contributed by atoms with E-state index in [1.807, 2.05) is 6.92 Å². The highest BCUT2D eigenvalue weighted by Gasteiger charge is 2.24. The fourth-order valence-electron chi connectivity index (χ4n) is 2.26. The van der Waals surface area contributed by atoms with Crippen LogP contribution in [-0.2, 0) is 15.8 Å². The van der Waals surface area contributed by atoms with Gasteiger partial charge in [0.2, 0.25) is 0 Å². The summed E-state index contributed by atoms with van der Waals surface area (Å²) < 4.78 is 28.2. The van der Waals surface area contributed by atoms with E-state index < -0.39 is 10.0 Å². The maximum Gasteiger partial charge on any atom is 0.286 e. The molecule has 0 atom stereocenters. The Morgan fingerprint density at radius 3 is 2.73 bits per heavy atom. The molecule has 1 N–H and O–H groups in total. The Labute approximate surface area is 134 Å². The highest BCUT2D eigenvalue weighted by Crippen LogP contribution is 2.30. The second-order valence-corrected chi connectivity index (χ2v) is 7.75. The van der Waals surface area contributed by atoms with Gasteiger partial charge in [0, 0.05) is 5.75 Å². The van der Waals surface area contributed by atoms with Gasteiger partial charge in [0.05, 0.1) is 5.69 Å². The summed E-state index contributed by atoms with van der Waals surface area (Å²) in [5.74, 6) is 0.678. The summed E-state index contributed by atoms with van der Waals surface area (Å²) in [6, 6.07) is 13.1. The van der Waals surface area contributed by atoms with Crippen LogP contribution in [0.1, 0.15) is 16.7 Å². The highest BCUT2D eigenvalue weighted by molar-refractivity contribution is 8.14. The van der Waals surface area contributed by atoms with E-state index in [0.717, 1.165) is 0 Å². The van der Waals surface area contributed by atoms with Crippen molar-refractivity contribution in [2.45, 2.75) is 24.5 Å². The van der Waals surface area contributed by atoms with Crippen molar-refractivity contribution in [1.82, 2.24) is 0 Å². The number of benzene rings is 2. The first-order valence-corrected chi connectivity index (χ1v) is 9.28. The summed E-state index contributed by atoms with van der Waals surface area (Å²) in [7, 11) is -3.61. The quantitative estimate of drug-likeness (QED) is 0.911. The number of para-hydroxylation sites is 1. The van der Waals surface area contributed by atoms with Gasteiger partial charge >= 0.3 is 0 Å². The summed E-state index contributed by atoms with van der Waals surface area (Å²) in [5.41, 5.74) is 4.15. The van der Waals surface area contributed by atoms with E-state index in [1.165, 1.54) is 28.5 Å². The van der Waals surface area contributed by atoms with Crippen molar-refractivity contribution in [2.75, 3.05) is 5.32 Å². The maximum atomic E-state index is 12.2. The molecule has 0 bridgehead atoms. The first-order chi connectivity index (χ1) is 10.5. The lowest BCUT2D eigenvalue weighted by Gasteiger charge is -2.17. The molecule has 4 nitrogen and oxygen atoms in total. The minimum atomic E-state index is -3.61. The molecular formula is C16H16N2O2S2. The minimum absolute atomic E-state index is 0.228. The van der Waals surface area contributed by atoms with Crippen LogP contribution in [0, 0.1) is 13.8 Å². The molecule has 3 rings (SSSR count). The molecule has 0 aromatic heterocycles. The molecule has 22 heavy (non-hydrogen) atoms. The van der Waals surface area contributed by atoms with Crippen LogP contribution >= 0.6 is 11.8 Å². The molecule has 2 aromatic carbocycles. The van der Waals surface area contributed by atoms with E-state index in [4.69, 9.17) is 0 Å². The van der Waals surface area contributed by atoms with Gasteiger partial charge in [-0.25, -0.2) is 0 Å². The summed E-state index contributed by atoms with van der Waals surface area (Å²) >= 11 is 1.40. The number of fused-ring (bicyclic) bond motifs is 1. The Hall–Kier alpha value is -1.79. The zero-order chi connectivity index (χ0) is 15.7. The topological polar surface area (TPSA) is 58.5 Å². The molecule has 114 valence electrons. The predicted molar refractivity (Wildman–Crippen MR) is 91.9 cm³/mol. The van der Waals surface area contributed by atoms with Crippen LogP contribution in [0.15, 0.2) is 51.8 Å². The van der Waals surface area contributed by atoms with Crippen molar-refractivity contribution in [3.05, 3.63) is 59.2 Å². The van der Waals surface area contributed by atoms with E-state index in [9.17, 15) is 8.42 Å². The fourth-order valence-corrected chi connectivity index (χ4v) is 4.56. The number of amidine groups is 1. The molecule has 0 fully saturated rings. The van der Waals surface area contributed by atoms with Crippen molar-refractivity contribution >= 4 is 32.6 Å². The van der Waals surface area contributed by atoms with Crippen LogP contribution in [0.2, 0.25) is 0 Å². The van der Waals surface area contributed by atoms with Crippen molar-refractivity contribution in [1.29, 1.82) is 0 Å². The third kappa shape index (κ3) is 3.03. The lowest BCUT2D eigenvalue weighted by molar-refractivity contribution is 0.598. The number of nitrogens with one attached hydrogen (secondary N) is 1. The Balaban J connectivity index is 1.83. The summed E-state index contributed by atoms with van der Waals surface area (Å²) in [5, 5.41) is 3.51. The molecule has 0 spiro atoms. The molecule has 0 radical (unpaired) electrons. The van der Waals surface area contributed by atoms with Crippen LogP contribution in [0.4, 0.5) is 5.69 Å². The van der Waals surface area contributed by atoms with Crippen LogP contribution in [-0.4, -0.2) is 13.6 Å². The van der Waals surface area contributed by atoms with Crippen molar-refractivity contribution in [3.8, 4) is 0 Å². The van der Waals surface area contributed by atoms with E-state index in [-0.39, 0.29) is 4.90 Å². The van der Waals surface area contributed by atoms with Crippen LogP contribution in [0.25, 0.3) is 0 Å².